The second-order valence-electron chi connectivity index (χ2n) is 6.21. The molecule has 0 unspecified atom stereocenters. The molecule has 0 nitrogen and oxygen atoms in total. The molecule has 0 aliphatic rings. The van der Waals surface area contributed by atoms with Gasteiger partial charge in [0.05, 0.1) is 5.41 Å². The summed E-state index contributed by atoms with van der Waals surface area (Å²) >= 11 is 0. The zero-order valence-electron chi connectivity index (χ0n) is 24.0. The maximum Gasteiger partial charge on any atom is 0.0701 e. The largest absolute Gasteiger partial charge is 0.0701 e. The Bertz CT molecular complexity index is 747. The highest BCUT2D eigenvalue weighted by atomic mass is 14.4. The lowest BCUT2D eigenvalue weighted by atomic mass is 9.65. The number of hydrogen-bond acceptors (Lipinski definition) is 0. The molecule has 0 N–H and O–H groups in total. The molecule has 0 radical (unpaired) electrons. The quantitative estimate of drug-likeness (QED) is 0.260. The molecule has 0 spiro atoms. The predicted octanol–water partition coefficient (Wildman–Crippen LogP) is 11.2. The molecule has 0 aliphatic carbocycles. The van der Waals surface area contributed by atoms with Gasteiger partial charge in [0.2, 0.25) is 0 Å². The molecule has 190 valence electrons. The highest BCUT2D eigenvalue weighted by Gasteiger charge is 2.37. The van der Waals surface area contributed by atoms with Crippen LogP contribution in [0.25, 0.3) is 0 Å². The van der Waals surface area contributed by atoms with E-state index in [0.717, 1.165) is 0 Å². The third-order valence-electron chi connectivity index (χ3n) is 4.83. The van der Waals surface area contributed by atoms with E-state index in [1.807, 2.05) is 69.2 Å². The molecule has 4 rings (SSSR count). The van der Waals surface area contributed by atoms with E-state index in [1.54, 1.807) is 0 Å². The van der Waals surface area contributed by atoms with Crippen molar-refractivity contribution in [1.82, 2.24) is 0 Å². The van der Waals surface area contributed by atoms with Crippen LogP contribution in [0.1, 0.15) is 91.5 Å². The lowest BCUT2D eigenvalue weighted by Gasteiger charge is -2.36. The van der Waals surface area contributed by atoms with Crippen LogP contribution in [-0.2, 0) is 5.41 Å². The van der Waals surface area contributed by atoms with Gasteiger partial charge in [-0.1, -0.05) is 191 Å². The first kappa shape index (κ1) is 34.0. The summed E-state index contributed by atoms with van der Waals surface area (Å²) in [5, 5.41) is 0. The Labute approximate surface area is 218 Å². The van der Waals surface area contributed by atoms with Crippen molar-refractivity contribution in [2.75, 3.05) is 0 Å². The van der Waals surface area contributed by atoms with Crippen molar-refractivity contribution in [2.45, 2.75) is 74.7 Å². The second-order valence-corrected chi connectivity index (χ2v) is 6.21. The van der Waals surface area contributed by atoms with E-state index in [1.165, 1.54) is 22.3 Å². The molecule has 0 atom stereocenters. The molecule has 4 aromatic carbocycles. The highest BCUT2D eigenvalue weighted by Crippen LogP contribution is 2.44. The average molecular weight is 471 g/mol. The third kappa shape index (κ3) is 9.21. The second kappa shape index (κ2) is 22.7. The normalized spacial score (nSPS) is 8.86. The fraction of sp³-hybridized carbons (Fsp3) is 0.314. The summed E-state index contributed by atoms with van der Waals surface area (Å²) in [7, 11) is 0. The van der Waals surface area contributed by atoms with Gasteiger partial charge in [-0.15, -0.1) is 0 Å². The van der Waals surface area contributed by atoms with E-state index in [4.69, 9.17) is 0 Å². The third-order valence-corrected chi connectivity index (χ3v) is 4.83. The Morgan fingerprint density at radius 2 is 0.400 bits per heavy atom. The van der Waals surface area contributed by atoms with Crippen molar-refractivity contribution in [3.63, 3.8) is 0 Å². The van der Waals surface area contributed by atoms with Crippen LogP contribution in [0.5, 0.6) is 0 Å². The average Bonchev–Trinajstić information content (AvgIpc) is 3.01. The maximum atomic E-state index is 2.23. The van der Waals surface area contributed by atoms with Gasteiger partial charge in [-0.05, 0) is 22.3 Å². The van der Waals surface area contributed by atoms with Crippen LogP contribution in [0.15, 0.2) is 121 Å². The van der Waals surface area contributed by atoms with Gasteiger partial charge in [-0.25, -0.2) is 0 Å². The van der Waals surface area contributed by atoms with Crippen molar-refractivity contribution < 1.29 is 0 Å². The molecule has 0 saturated heterocycles. The molecule has 0 aromatic heterocycles. The fourth-order valence-electron chi connectivity index (χ4n) is 3.75. The molecule has 0 saturated carbocycles. The summed E-state index contributed by atoms with van der Waals surface area (Å²) in [6.07, 6.45) is 0. The molecule has 0 heterocycles. The van der Waals surface area contributed by atoms with Crippen molar-refractivity contribution >= 4 is 0 Å². The molecule has 35 heavy (non-hydrogen) atoms. The first-order valence-electron chi connectivity index (χ1n) is 13.6. The molecule has 0 bridgehead atoms. The standard InChI is InChI=1S/C25H20.5C2H6/c1-5-13-21(14-6-1)25(22-15-7-2-8-16-22,23-17-9-3-10-18-23)24-19-11-4-12-20-24;5*1-2/h1-20H;5*1-2H3. The van der Waals surface area contributed by atoms with Crippen LogP contribution < -0.4 is 0 Å². The van der Waals surface area contributed by atoms with E-state index in [0.29, 0.717) is 0 Å². The molecule has 0 aliphatic heterocycles. The lowest BCUT2D eigenvalue weighted by molar-refractivity contribution is 0.745. The van der Waals surface area contributed by atoms with Gasteiger partial charge in [0.15, 0.2) is 0 Å². The number of hydrogen-bond donors (Lipinski definition) is 0. The highest BCUT2D eigenvalue weighted by molar-refractivity contribution is 5.59. The van der Waals surface area contributed by atoms with Gasteiger partial charge in [-0.2, -0.15) is 0 Å². The summed E-state index contributed by atoms with van der Waals surface area (Å²) < 4.78 is 0. The maximum absolute atomic E-state index is 2.23. The van der Waals surface area contributed by atoms with Crippen LogP contribution in [0, 0.1) is 0 Å². The summed E-state index contributed by atoms with van der Waals surface area (Å²) in [6, 6.07) is 43.1. The molecule has 0 heteroatoms. The number of rotatable bonds is 4. The lowest BCUT2D eigenvalue weighted by Crippen LogP contribution is -2.30. The van der Waals surface area contributed by atoms with Crippen molar-refractivity contribution in [2.24, 2.45) is 0 Å². The molecule has 4 aromatic rings. The minimum absolute atomic E-state index is 0.328. The Hall–Kier alpha value is -3.12. The zero-order valence-corrected chi connectivity index (χ0v) is 24.0. The molecule has 0 amide bonds. The smallest absolute Gasteiger partial charge is 0.0683 e. The first-order valence-corrected chi connectivity index (χ1v) is 13.6. The molecule has 0 fully saturated rings. The van der Waals surface area contributed by atoms with Crippen LogP contribution in [0.3, 0.4) is 0 Å². The van der Waals surface area contributed by atoms with Gasteiger partial charge in [0, 0.05) is 0 Å². The Morgan fingerprint density at radius 1 is 0.257 bits per heavy atom. The van der Waals surface area contributed by atoms with Gasteiger partial charge in [0.1, 0.15) is 0 Å². The van der Waals surface area contributed by atoms with Crippen LogP contribution in [0.4, 0.5) is 0 Å². The summed E-state index contributed by atoms with van der Waals surface area (Å²) in [5.41, 5.74) is 4.78. The minimum Gasteiger partial charge on any atom is -0.0683 e. The summed E-state index contributed by atoms with van der Waals surface area (Å²) in [6.45, 7) is 20.0. The summed E-state index contributed by atoms with van der Waals surface area (Å²) in [5.74, 6) is 0. The van der Waals surface area contributed by atoms with Gasteiger partial charge >= 0.3 is 0 Å². The Kier molecular flexibility index (Phi) is 22.0. The SMILES string of the molecule is CC.CC.CC.CC.CC.c1ccc(C(c2ccccc2)(c2ccccc2)c2ccccc2)cc1. The van der Waals surface area contributed by atoms with Crippen molar-refractivity contribution in [3.8, 4) is 0 Å². The predicted molar refractivity (Wildman–Crippen MR) is 161 cm³/mol. The summed E-state index contributed by atoms with van der Waals surface area (Å²) in [4.78, 5) is 0. The topological polar surface area (TPSA) is 0 Å². The van der Waals surface area contributed by atoms with Gasteiger partial charge < -0.3 is 0 Å². The van der Waals surface area contributed by atoms with Crippen LogP contribution >= 0.6 is 0 Å². The van der Waals surface area contributed by atoms with E-state index in [9.17, 15) is 0 Å². The van der Waals surface area contributed by atoms with Crippen LogP contribution in [0.2, 0.25) is 0 Å². The molecular weight excluding hydrogens is 420 g/mol. The van der Waals surface area contributed by atoms with Gasteiger partial charge in [-0.3, -0.25) is 0 Å². The Morgan fingerprint density at radius 3 is 0.543 bits per heavy atom. The first-order chi connectivity index (χ1) is 17.4. The van der Waals surface area contributed by atoms with Crippen LogP contribution in [-0.4, -0.2) is 0 Å². The van der Waals surface area contributed by atoms with E-state index in [-0.39, 0.29) is 5.41 Å². The zero-order chi connectivity index (χ0) is 27.0. The Balaban J connectivity index is 0. The number of benzene rings is 4. The van der Waals surface area contributed by atoms with Gasteiger partial charge in [0.25, 0.3) is 0 Å². The van der Waals surface area contributed by atoms with Crippen molar-refractivity contribution in [1.29, 1.82) is 0 Å². The van der Waals surface area contributed by atoms with E-state index >= 15 is 0 Å². The van der Waals surface area contributed by atoms with E-state index < -0.39 is 0 Å². The van der Waals surface area contributed by atoms with Crippen molar-refractivity contribution in [3.05, 3.63) is 144 Å². The minimum atomic E-state index is -0.328. The van der Waals surface area contributed by atoms with E-state index in [2.05, 4.69) is 121 Å². The molecular formula is C35H50. The fourth-order valence-corrected chi connectivity index (χ4v) is 3.75. The monoisotopic (exact) mass is 470 g/mol.